The van der Waals surface area contributed by atoms with Crippen molar-refractivity contribution in [2.75, 3.05) is 0 Å². The number of hydrogen-bond donors (Lipinski definition) is 2. The Labute approximate surface area is 146 Å². The zero-order valence-electron chi connectivity index (χ0n) is 13.3. The van der Waals surface area contributed by atoms with Gasteiger partial charge in [0.1, 0.15) is 5.75 Å². The number of carbonyl (C=O) groups excluding carboxylic acids is 1. The smallest absolute Gasteiger partial charge is 0.224 e. The van der Waals surface area contributed by atoms with Crippen molar-refractivity contribution in [1.82, 2.24) is 5.32 Å². The van der Waals surface area contributed by atoms with Crippen LogP contribution in [-0.2, 0) is 11.2 Å². The van der Waals surface area contributed by atoms with E-state index in [0.717, 1.165) is 47.4 Å². The van der Waals surface area contributed by atoms with E-state index < -0.39 is 0 Å². The topological polar surface area (TPSA) is 49.3 Å². The van der Waals surface area contributed by atoms with E-state index in [2.05, 4.69) is 5.32 Å². The molecule has 2 aromatic carbocycles. The van der Waals surface area contributed by atoms with Crippen LogP contribution in [0.25, 0.3) is 0 Å². The van der Waals surface area contributed by atoms with E-state index in [1.165, 1.54) is 0 Å². The molecule has 3 atom stereocenters. The number of rotatable bonds is 3. The van der Waals surface area contributed by atoms with E-state index in [1.54, 1.807) is 6.07 Å². The van der Waals surface area contributed by atoms with Gasteiger partial charge < -0.3 is 10.4 Å². The molecule has 1 fully saturated rings. The van der Waals surface area contributed by atoms with Gasteiger partial charge in [-0.05, 0) is 60.4 Å². The number of amides is 1. The van der Waals surface area contributed by atoms with Crippen LogP contribution in [0.4, 0.5) is 0 Å². The van der Waals surface area contributed by atoms with Gasteiger partial charge in [-0.2, -0.15) is 0 Å². The van der Waals surface area contributed by atoms with Gasteiger partial charge in [-0.3, -0.25) is 4.79 Å². The molecule has 3 nitrogen and oxygen atoms in total. The molecule has 0 saturated heterocycles. The molecule has 124 valence electrons. The van der Waals surface area contributed by atoms with Crippen molar-refractivity contribution in [1.29, 1.82) is 0 Å². The zero-order chi connectivity index (χ0) is 16.7. The first kappa shape index (κ1) is 15.5. The lowest BCUT2D eigenvalue weighted by Crippen LogP contribution is -2.32. The van der Waals surface area contributed by atoms with E-state index in [9.17, 15) is 9.90 Å². The molecule has 0 spiro atoms. The van der Waals surface area contributed by atoms with Gasteiger partial charge >= 0.3 is 0 Å². The number of fused-ring (bicyclic) bond motifs is 1. The maximum atomic E-state index is 12.6. The largest absolute Gasteiger partial charge is 0.508 e. The molecule has 0 heterocycles. The van der Waals surface area contributed by atoms with Crippen LogP contribution < -0.4 is 5.32 Å². The predicted octanol–water partition coefficient (Wildman–Crippen LogP) is 4.34. The molecule has 2 aliphatic carbocycles. The number of halogens is 1. The van der Waals surface area contributed by atoms with Crippen molar-refractivity contribution in [3.05, 3.63) is 64.2 Å². The Morgan fingerprint density at radius 2 is 1.92 bits per heavy atom. The quantitative estimate of drug-likeness (QED) is 0.872. The minimum Gasteiger partial charge on any atom is -0.508 e. The Hall–Kier alpha value is -2.00. The third-order valence-electron chi connectivity index (χ3n) is 5.23. The van der Waals surface area contributed by atoms with Gasteiger partial charge in [0.15, 0.2) is 0 Å². The second-order valence-electron chi connectivity index (χ2n) is 6.77. The van der Waals surface area contributed by atoms with E-state index in [0.29, 0.717) is 5.75 Å². The summed E-state index contributed by atoms with van der Waals surface area (Å²) in [6, 6.07) is 13.3. The third kappa shape index (κ3) is 2.78. The van der Waals surface area contributed by atoms with Crippen LogP contribution in [-0.4, -0.2) is 11.0 Å². The number of aromatic hydroxyl groups is 1. The Morgan fingerprint density at radius 1 is 1.12 bits per heavy atom. The molecular formula is C20H20ClNO2. The summed E-state index contributed by atoms with van der Waals surface area (Å²) in [7, 11) is 0. The molecule has 1 saturated carbocycles. The fourth-order valence-electron chi connectivity index (χ4n) is 3.86. The van der Waals surface area contributed by atoms with Crippen LogP contribution in [0.5, 0.6) is 5.75 Å². The first-order valence-electron chi connectivity index (χ1n) is 8.50. The van der Waals surface area contributed by atoms with E-state index in [4.69, 9.17) is 11.6 Å². The molecule has 1 amide bonds. The lowest BCUT2D eigenvalue weighted by molar-refractivity contribution is -0.123. The fourth-order valence-corrected chi connectivity index (χ4v) is 4.14. The van der Waals surface area contributed by atoms with Crippen LogP contribution in [0, 0.1) is 5.92 Å². The maximum absolute atomic E-state index is 12.6. The van der Waals surface area contributed by atoms with Gasteiger partial charge in [0.2, 0.25) is 5.91 Å². The summed E-state index contributed by atoms with van der Waals surface area (Å²) < 4.78 is 0. The van der Waals surface area contributed by atoms with Gasteiger partial charge in [0.05, 0.1) is 6.04 Å². The van der Waals surface area contributed by atoms with Gasteiger partial charge in [0, 0.05) is 10.9 Å². The second kappa shape index (κ2) is 6.14. The molecule has 0 unspecified atom stereocenters. The summed E-state index contributed by atoms with van der Waals surface area (Å²) in [5.74, 6) is 0.673. The minimum atomic E-state index is 0.000783. The highest BCUT2D eigenvalue weighted by Gasteiger charge is 2.45. The van der Waals surface area contributed by atoms with E-state index in [-0.39, 0.29) is 23.8 Å². The molecular weight excluding hydrogens is 322 g/mol. The van der Waals surface area contributed by atoms with Crippen LogP contribution in [0.15, 0.2) is 42.5 Å². The molecule has 4 heteroatoms. The van der Waals surface area contributed by atoms with Crippen molar-refractivity contribution in [3.63, 3.8) is 0 Å². The van der Waals surface area contributed by atoms with Gasteiger partial charge in [-0.25, -0.2) is 0 Å². The number of carbonyl (C=O) groups is 1. The lowest BCUT2D eigenvalue weighted by atomic mass is 9.87. The normalized spacial score (nSPS) is 25.0. The Kier molecular flexibility index (Phi) is 3.97. The van der Waals surface area contributed by atoms with Crippen LogP contribution in [0.2, 0.25) is 5.02 Å². The van der Waals surface area contributed by atoms with Crippen molar-refractivity contribution in [2.45, 2.75) is 37.6 Å². The second-order valence-corrected chi connectivity index (χ2v) is 7.18. The van der Waals surface area contributed by atoms with Crippen molar-refractivity contribution in [3.8, 4) is 5.75 Å². The zero-order valence-corrected chi connectivity index (χ0v) is 14.1. The van der Waals surface area contributed by atoms with Crippen molar-refractivity contribution >= 4 is 17.5 Å². The van der Waals surface area contributed by atoms with Crippen LogP contribution in [0.1, 0.15) is 47.9 Å². The highest BCUT2D eigenvalue weighted by atomic mass is 35.5. The number of phenols is 1. The van der Waals surface area contributed by atoms with Gasteiger partial charge in [-0.1, -0.05) is 41.9 Å². The molecule has 24 heavy (non-hydrogen) atoms. The number of benzene rings is 2. The first-order valence-corrected chi connectivity index (χ1v) is 8.88. The highest BCUT2D eigenvalue weighted by molar-refractivity contribution is 6.31. The molecule has 4 rings (SSSR count). The SMILES string of the molecule is O=C(N[C@@H]1CCCc2c(O)cccc21)[C@H]1C[C@@H]1c1ccccc1Cl. The van der Waals surface area contributed by atoms with E-state index in [1.807, 2.05) is 36.4 Å². The maximum Gasteiger partial charge on any atom is 0.224 e. The molecule has 0 bridgehead atoms. The summed E-state index contributed by atoms with van der Waals surface area (Å²) in [5.41, 5.74) is 3.11. The summed E-state index contributed by atoms with van der Waals surface area (Å²) in [5, 5.41) is 14.0. The third-order valence-corrected chi connectivity index (χ3v) is 5.58. The van der Waals surface area contributed by atoms with Crippen LogP contribution in [0.3, 0.4) is 0 Å². The van der Waals surface area contributed by atoms with E-state index >= 15 is 0 Å². The highest BCUT2D eigenvalue weighted by Crippen LogP contribution is 2.50. The first-order chi connectivity index (χ1) is 11.6. The van der Waals surface area contributed by atoms with Gasteiger partial charge in [-0.15, -0.1) is 0 Å². The van der Waals surface area contributed by atoms with Crippen molar-refractivity contribution < 1.29 is 9.90 Å². The molecule has 2 aliphatic rings. The fraction of sp³-hybridized carbons (Fsp3) is 0.350. The summed E-state index contributed by atoms with van der Waals surface area (Å²) in [4.78, 5) is 12.6. The van der Waals surface area contributed by atoms with Gasteiger partial charge in [0.25, 0.3) is 0 Å². The number of nitrogens with one attached hydrogen (secondary N) is 1. The minimum absolute atomic E-state index is 0.000783. The Morgan fingerprint density at radius 3 is 2.75 bits per heavy atom. The summed E-state index contributed by atoms with van der Waals surface area (Å²) >= 11 is 6.25. The summed E-state index contributed by atoms with van der Waals surface area (Å²) in [6.07, 6.45) is 3.63. The lowest BCUT2D eigenvalue weighted by Gasteiger charge is -2.27. The molecule has 2 aromatic rings. The average molecular weight is 342 g/mol. The standard InChI is InChI=1S/C20H20ClNO2/c21-17-8-2-1-5-12(17)15-11-16(15)20(24)22-18-9-3-7-14-13(18)6-4-10-19(14)23/h1-2,4-6,8,10,15-16,18,23H,3,7,9,11H2,(H,22,24)/t15-,16+,18-/m1/s1. The number of hydrogen-bond acceptors (Lipinski definition) is 2. The number of phenolic OH excluding ortho intramolecular Hbond substituents is 1. The Bertz CT molecular complexity index is 789. The van der Waals surface area contributed by atoms with Crippen LogP contribution >= 0.6 is 11.6 Å². The predicted molar refractivity (Wildman–Crippen MR) is 94.2 cm³/mol. The molecule has 0 aromatic heterocycles. The molecule has 2 N–H and O–H groups in total. The molecule has 0 aliphatic heterocycles. The average Bonchev–Trinajstić information content (AvgIpc) is 3.37. The van der Waals surface area contributed by atoms with Crippen molar-refractivity contribution in [2.24, 2.45) is 5.92 Å². The molecule has 0 radical (unpaired) electrons. The Balaban J connectivity index is 1.47. The monoisotopic (exact) mass is 341 g/mol. The summed E-state index contributed by atoms with van der Waals surface area (Å²) in [6.45, 7) is 0.